The smallest absolute Gasteiger partial charge is 0.322 e. The summed E-state index contributed by atoms with van der Waals surface area (Å²) < 4.78 is 32.3. The number of ether oxygens (including phenoxy) is 1. The lowest BCUT2D eigenvalue weighted by Gasteiger charge is -2.23. The van der Waals surface area contributed by atoms with Gasteiger partial charge in [0.05, 0.1) is 32.0 Å². The summed E-state index contributed by atoms with van der Waals surface area (Å²) in [6, 6.07) is 5.15. The van der Waals surface area contributed by atoms with Gasteiger partial charge in [-0.3, -0.25) is 4.98 Å². The number of alkyl halides is 2. The van der Waals surface area contributed by atoms with Gasteiger partial charge in [-0.25, -0.2) is 13.6 Å². The molecule has 1 aliphatic heterocycles. The Balaban J connectivity index is 1.89. The van der Waals surface area contributed by atoms with Crippen molar-refractivity contribution in [3.05, 3.63) is 30.5 Å². The Morgan fingerprint density at radius 2 is 2.29 bits per heavy atom. The number of rotatable bonds is 3. The summed E-state index contributed by atoms with van der Waals surface area (Å²) in [5, 5.41) is 12.5. The number of aromatic nitrogens is 1. The van der Waals surface area contributed by atoms with Crippen LogP contribution < -0.4 is 10.1 Å². The normalized spacial score (nSPS) is 19.5. The molecular weight excluding hydrogens is 320 g/mol. The number of methoxy groups -OCH3 is 1. The summed E-state index contributed by atoms with van der Waals surface area (Å²) >= 11 is 0. The molecule has 8 heteroatoms. The zero-order valence-corrected chi connectivity index (χ0v) is 13.0. The highest BCUT2D eigenvalue weighted by atomic mass is 19.3. The highest BCUT2D eigenvalue weighted by Crippen LogP contribution is 2.33. The lowest BCUT2D eigenvalue weighted by atomic mass is 10.1. The Morgan fingerprint density at radius 3 is 3.00 bits per heavy atom. The highest BCUT2D eigenvalue weighted by Gasteiger charge is 2.46. The number of nitrogens with zero attached hydrogens (tertiary/aromatic N) is 2. The van der Waals surface area contributed by atoms with Crippen LogP contribution in [0.3, 0.4) is 0 Å². The zero-order chi connectivity index (χ0) is 17.3. The second kappa shape index (κ2) is 6.20. The first kappa shape index (κ1) is 16.4. The van der Waals surface area contributed by atoms with Crippen LogP contribution in [0.15, 0.2) is 30.5 Å². The minimum atomic E-state index is -2.99. The van der Waals surface area contributed by atoms with E-state index >= 15 is 0 Å². The van der Waals surface area contributed by atoms with E-state index in [4.69, 9.17) is 4.74 Å². The number of nitrogens with one attached hydrogen (secondary N) is 1. The molecule has 0 radical (unpaired) electrons. The van der Waals surface area contributed by atoms with Crippen LogP contribution in [0.5, 0.6) is 5.75 Å². The van der Waals surface area contributed by atoms with E-state index in [2.05, 4.69) is 10.3 Å². The van der Waals surface area contributed by atoms with Gasteiger partial charge in [0.2, 0.25) is 0 Å². The molecule has 6 nitrogen and oxygen atoms in total. The molecule has 2 N–H and O–H groups in total. The molecule has 1 unspecified atom stereocenters. The van der Waals surface area contributed by atoms with Crippen LogP contribution in [-0.4, -0.2) is 53.2 Å². The lowest BCUT2D eigenvalue weighted by Crippen LogP contribution is -2.41. The first-order valence-electron chi connectivity index (χ1n) is 7.43. The maximum atomic E-state index is 13.5. The topological polar surface area (TPSA) is 74.7 Å². The van der Waals surface area contributed by atoms with Crippen LogP contribution in [0.25, 0.3) is 10.9 Å². The number of pyridine rings is 1. The Bertz CT molecular complexity index is 769. The number of aliphatic hydroxyl groups is 1. The van der Waals surface area contributed by atoms with Crippen molar-refractivity contribution < 1.29 is 23.4 Å². The number of hydrogen-bond acceptors (Lipinski definition) is 4. The van der Waals surface area contributed by atoms with Crippen LogP contribution in [0.2, 0.25) is 0 Å². The first-order chi connectivity index (χ1) is 11.4. The second-order valence-corrected chi connectivity index (χ2v) is 5.67. The highest BCUT2D eigenvalue weighted by molar-refractivity contribution is 6.02. The molecule has 0 bridgehead atoms. The molecule has 1 fully saturated rings. The zero-order valence-electron chi connectivity index (χ0n) is 13.0. The third kappa shape index (κ3) is 2.96. The van der Waals surface area contributed by atoms with Gasteiger partial charge >= 0.3 is 6.03 Å². The number of carbonyl (C=O) groups excluding carboxylic acids is 1. The Hall–Kier alpha value is -2.48. The molecule has 0 spiro atoms. The van der Waals surface area contributed by atoms with Crippen molar-refractivity contribution in [1.82, 2.24) is 9.88 Å². The van der Waals surface area contributed by atoms with E-state index in [-0.39, 0.29) is 0 Å². The fraction of sp³-hybridized carbons (Fsp3) is 0.375. The van der Waals surface area contributed by atoms with Gasteiger partial charge in [0.1, 0.15) is 11.3 Å². The maximum absolute atomic E-state index is 13.5. The van der Waals surface area contributed by atoms with E-state index < -0.39 is 37.6 Å². The van der Waals surface area contributed by atoms with Crippen LogP contribution in [-0.2, 0) is 0 Å². The Kier molecular flexibility index (Phi) is 4.23. The summed E-state index contributed by atoms with van der Waals surface area (Å²) in [5.41, 5.74) is 0.999. The van der Waals surface area contributed by atoms with Crippen molar-refractivity contribution in [1.29, 1.82) is 0 Å². The molecule has 24 heavy (non-hydrogen) atoms. The van der Waals surface area contributed by atoms with E-state index in [1.165, 1.54) is 7.11 Å². The Labute approximate surface area is 137 Å². The second-order valence-electron chi connectivity index (χ2n) is 5.67. The third-order valence-corrected chi connectivity index (χ3v) is 4.04. The van der Waals surface area contributed by atoms with Gasteiger partial charge < -0.3 is 20.1 Å². The molecular formula is C16H17F2N3O3. The minimum Gasteiger partial charge on any atom is -0.494 e. The molecule has 0 saturated carbocycles. The maximum Gasteiger partial charge on any atom is 0.322 e. The number of fused-ring (bicyclic) bond motifs is 1. The molecule has 2 aromatic rings. The predicted octanol–water partition coefficient (Wildman–Crippen LogP) is 2.48. The van der Waals surface area contributed by atoms with Crippen LogP contribution in [0.4, 0.5) is 19.3 Å². The molecule has 1 saturated heterocycles. The lowest BCUT2D eigenvalue weighted by molar-refractivity contribution is 0.0145. The molecule has 128 valence electrons. The van der Waals surface area contributed by atoms with E-state index in [0.717, 1.165) is 4.90 Å². The van der Waals surface area contributed by atoms with Crippen molar-refractivity contribution >= 4 is 22.6 Å². The molecule has 2 heterocycles. The molecule has 1 aromatic carbocycles. The van der Waals surface area contributed by atoms with Gasteiger partial charge in [0.15, 0.2) is 0 Å². The monoisotopic (exact) mass is 337 g/mol. The molecule has 2 amide bonds. The average Bonchev–Trinajstić information content (AvgIpc) is 2.90. The number of likely N-dealkylation sites (tertiary alicyclic amines) is 1. The largest absolute Gasteiger partial charge is 0.494 e. The average molecular weight is 337 g/mol. The molecule has 1 atom stereocenters. The van der Waals surface area contributed by atoms with Gasteiger partial charge in [0.25, 0.3) is 5.92 Å². The number of benzene rings is 1. The summed E-state index contributed by atoms with van der Waals surface area (Å²) in [6.45, 7) is -1.22. The van der Waals surface area contributed by atoms with Gasteiger partial charge in [-0.2, -0.15) is 0 Å². The number of carbonyl (C=O) groups is 1. The SMILES string of the molecule is COc1ccc(NC(=O)N2CC(F)(F)CC2CO)c2cccnc12. The number of anilines is 1. The standard InChI is InChI=1S/C16H17F2N3O3/c1-24-13-5-4-12(11-3-2-6-19-14(11)13)20-15(23)21-9-16(17,18)7-10(21)8-22/h2-6,10,22H,7-9H2,1H3,(H,20,23). The summed E-state index contributed by atoms with van der Waals surface area (Å²) in [7, 11) is 1.51. The number of hydrogen-bond donors (Lipinski definition) is 2. The molecule has 0 aliphatic carbocycles. The van der Waals surface area contributed by atoms with Crippen LogP contribution >= 0.6 is 0 Å². The molecule has 1 aliphatic rings. The minimum absolute atomic E-state index is 0.441. The predicted molar refractivity (Wildman–Crippen MR) is 84.5 cm³/mol. The van der Waals surface area contributed by atoms with Gasteiger partial charge in [-0.15, -0.1) is 0 Å². The van der Waals surface area contributed by atoms with Crippen molar-refractivity contribution in [2.24, 2.45) is 0 Å². The van der Waals surface area contributed by atoms with Crippen molar-refractivity contribution in [2.75, 3.05) is 25.6 Å². The first-order valence-corrected chi connectivity index (χ1v) is 7.43. The van der Waals surface area contributed by atoms with Gasteiger partial charge in [-0.05, 0) is 24.3 Å². The Morgan fingerprint density at radius 1 is 1.50 bits per heavy atom. The van der Waals surface area contributed by atoms with Gasteiger partial charge in [-0.1, -0.05) is 0 Å². The van der Waals surface area contributed by atoms with Gasteiger partial charge in [0, 0.05) is 18.0 Å². The number of urea groups is 1. The van der Waals surface area contributed by atoms with E-state index in [9.17, 15) is 18.7 Å². The van der Waals surface area contributed by atoms with Crippen LogP contribution in [0, 0.1) is 0 Å². The van der Waals surface area contributed by atoms with E-state index in [1.54, 1.807) is 30.5 Å². The van der Waals surface area contributed by atoms with Crippen molar-refractivity contribution in [3.63, 3.8) is 0 Å². The quantitative estimate of drug-likeness (QED) is 0.902. The third-order valence-electron chi connectivity index (χ3n) is 4.04. The fourth-order valence-corrected chi connectivity index (χ4v) is 2.91. The van der Waals surface area contributed by atoms with Crippen molar-refractivity contribution in [2.45, 2.75) is 18.4 Å². The van der Waals surface area contributed by atoms with E-state index in [0.29, 0.717) is 22.3 Å². The van der Waals surface area contributed by atoms with Crippen LogP contribution in [0.1, 0.15) is 6.42 Å². The summed E-state index contributed by atoms with van der Waals surface area (Å²) in [4.78, 5) is 17.6. The number of aliphatic hydroxyl groups excluding tert-OH is 1. The fourth-order valence-electron chi connectivity index (χ4n) is 2.91. The van der Waals surface area contributed by atoms with E-state index in [1.807, 2.05) is 0 Å². The summed E-state index contributed by atoms with van der Waals surface area (Å²) in [5.74, 6) is -2.45. The number of amides is 2. The number of halogens is 2. The molecule has 3 rings (SSSR count). The summed E-state index contributed by atoms with van der Waals surface area (Å²) in [6.07, 6.45) is 1.06. The van der Waals surface area contributed by atoms with Crippen molar-refractivity contribution in [3.8, 4) is 5.75 Å². The molecule has 1 aromatic heterocycles.